The van der Waals surface area contributed by atoms with Crippen molar-refractivity contribution in [3.05, 3.63) is 287 Å². The molecule has 7 amide bonds. The Morgan fingerprint density at radius 3 is 0.558 bits per heavy atom. The van der Waals surface area contributed by atoms with E-state index >= 15 is 24.0 Å². The lowest BCUT2D eigenvalue weighted by Crippen LogP contribution is -2.53. The van der Waals surface area contributed by atoms with Crippen molar-refractivity contribution < 1.29 is 81.4 Å². The largest absolute Gasteiger partial charge is 0.480 e. The first kappa shape index (κ1) is 87.7. The molecule has 25 heteroatoms. The second kappa shape index (κ2) is 52.4. The molecule has 0 aliphatic heterocycles. The number of carbonyl (C=O) groups excluding carboxylic acids is 7. The molecular weight excluding hydrogens is 1440 g/mol. The first-order valence-electron chi connectivity index (χ1n) is 38.1. The van der Waals surface area contributed by atoms with Gasteiger partial charge in [0.1, 0.15) is 6.54 Å². The predicted molar refractivity (Wildman–Crippen MR) is 425 cm³/mol. The molecule has 8 rings (SSSR count). The van der Waals surface area contributed by atoms with Gasteiger partial charge in [0, 0.05) is 52.4 Å². The maximum absolute atomic E-state index is 15.5. The van der Waals surface area contributed by atoms with Gasteiger partial charge in [0.05, 0.1) is 152 Å². The van der Waals surface area contributed by atoms with Crippen molar-refractivity contribution >= 4 is 47.3 Å². The highest BCUT2D eigenvalue weighted by molar-refractivity contribution is 5.93. The molecular formula is C88H106N8O17. The smallest absolute Gasteiger partial charge is 0.323 e. The van der Waals surface area contributed by atoms with Gasteiger partial charge in [-0.05, 0) is 44.5 Å². The highest BCUT2D eigenvalue weighted by Gasteiger charge is 2.31. The molecule has 25 nitrogen and oxygen atoms in total. The van der Waals surface area contributed by atoms with Crippen LogP contribution in [-0.2, 0) is 129 Å². The molecule has 0 aliphatic carbocycles. The lowest BCUT2D eigenvalue weighted by molar-refractivity contribution is -0.150. The van der Waals surface area contributed by atoms with E-state index in [2.05, 4.69) is 5.32 Å². The zero-order chi connectivity index (χ0) is 79.6. The van der Waals surface area contributed by atoms with Crippen LogP contribution in [0.3, 0.4) is 0 Å². The molecule has 600 valence electrons. The summed E-state index contributed by atoms with van der Waals surface area (Å²) in [5, 5.41) is 13.2. The van der Waals surface area contributed by atoms with Gasteiger partial charge in [-0.15, -0.1) is 0 Å². The van der Waals surface area contributed by atoms with Crippen LogP contribution in [0.15, 0.2) is 243 Å². The number of carboxylic acid groups (broad SMARTS) is 1. The van der Waals surface area contributed by atoms with E-state index in [4.69, 9.17) is 37.9 Å². The summed E-state index contributed by atoms with van der Waals surface area (Å²) >= 11 is 0. The molecule has 0 saturated heterocycles. The van der Waals surface area contributed by atoms with Crippen molar-refractivity contribution in [3.8, 4) is 0 Å². The number of carbonyl (C=O) groups is 8. The quantitative estimate of drug-likeness (QED) is 0.0340. The van der Waals surface area contributed by atoms with Gasteiger partial charge in [0.15, 0.2) is 0 Å². The van der Waals surface area contributed by atoms with Gasteiger partial charge in [-0.3, -0.25) is 38.4 Å². The van der Waals surface area contributed by atoms with Crippen molar-refractivity contribution in [2.24, 2.45) is 0 Å². The second-order valence-electron chi connectivity index (χ2n) is 26.6. The van der Waals surface area contributed by atoms with Gasteiger partial charge in [-0.2, -0.15) is 0 Å². The Balaban J connectivity index is 1.05. The molecule has 0 fully saturated rings. The molecule has 0 saturated carbocycles. The minimum Gasteiger partial charge on any atom is -0.480 e. The highest BCUT2D eigenvalue weighted by atomic mass is 16.5. The predicted octanol–water partition coefficient (Wildman–Crippen LogP) is 8.20. The lowest BCUT2D eigenvalue weighted by atomic mass is 10.2. The molecule has 2 N–H and O–H groups in total. The number of hydrogen-bond donors (Lipinski definition) is 2. The SMILES string of the molecule is O=C(O)CN(CCOCc1ccccc1)C(=O)CN(CCOCc1ccccc1)C(=O)CN(CCOCc1ccccc1)C(=O)CN(CCOCc1ccccc1)C(=O)CN(CCOCc1ccccc1)C(=O)CN(CCOCc1ccccc1)C(=O)CN(CCOCc1ccccc1)C(=O)CNCCOCc1ccccc1. The highest BCUT2D eigenvalue weighted by Crippen LogP contribution is 2.13. The molecule has 0 aliphatic rings. The standard InChI is InChI=1S/C88H106N8O17/c97-81(57-89-41-49-106-65-73-25-9-1-10-26-73)90(42-50-107-66-74-27-11-2-12-28-74)58-82(98)91(43-51-108-67-75-29-13-3-14-30-75)59-83(99)92(44-52-109-68-76-31-15-4-16-32-76)60-84(100)93(45-53-110-69-77-33-17-5-18-34-77)61-85(101)94(46-54-111-70-78-35-19-6-20-36-78)62-86(102)95(47-55-112-71-79-37-21-7-22-38-79)63-87(103)96(64-88(104)105)48-56-113-72-80-39-23-8-24-40-80/h1-40,89H,41-72H2,(H,104,105). The van der Waals surface area contributed by atoms with Gasteiger partial charge >= 0.3 is 5.97 Å². The van der Waals surface area contributed by atoms with Crippen LogP contribution in [0.25, 0.3) is 0 Å². The Labute approximate surface area is 662 Å². The van der Waals surface area contributed by atoms with Crippen LogP contribution < -0.4 is 5.32 Å². The van der Waals surface area contributed by atoms with Crippen molar-refractivity contribution in [1.29, 1.82) is 0 Å². The number of aliphatic carboxylic acids is 1. The molecule has 8 aromatic rings. The Morgan fingerprint density at radius 2 is 0.381 bits per heavy atom. The van der Waals surface area contributed by atoms with Gasteiger partial charge in [-0.1, -0.05) is 243 Å². The molecule has 113 heavy (non-hydrogen) atoms. The van der Waals surface area contributed by atoms with Gasteiger partial charge in [-0.25, -0.2) is 0 Å². The average Bonchev–Trinajstić information content (AvgIpc) is 0.856. The van der Waals surface area contributed by atoms with Crippen LogP contribution in [-0.4, -0.2) is 244 Å². The third-order valence-electron chi connectivity index (χ3n) is 17.9. The monoisotopic (exact) mass is 1550 g/mol. The number of benzene rings is 8. The van der Waals surface area contributed by atoms with E-state index in [1.54, 1.807) is 0 Å². The summed E-state index contributed by atoms with van der Waals surface area (Å²) in [7, 11) is 0. The van der Waals surface area contributed by atoms with Crippen LogP contribution >= 0.6 is 0 Å². The summed E-state index contributed by atoms with van der Waals surface area (Å²) in [5.74, 6) is -5.76. The summed E-state index contributed by atoms with van der Waals surface area (Å²) in [6.07, 6.45) is 0. The number of nitrogens with one attached hydrogen (secondary N) is 1. The number of nitrogens with zero attached hydrogens (tertiary/aromatic N) is 7. The van der Waals surface area contributed by atoms with E-state index in [0.717, 1.165) is 49.4 Å². The van der Waals surface area contributed by atoms with Crippen LogP contribution in [0.2, 0.25) is 0 Å². The van der Waals surface area contributed by atoms with Crippen LogP contribution in [0.5, 0.6) is 0 Å². The van der Waals surface area contributed by atoms with E-state index in [0.29, 0.717) is 19.8 Å². The molecule has 0 spiro atoms. The number of amides is 7. The first-order valence-corrected chi connectivity index (χ1v) is 38.1. The molecule has 0 heterocycles. The fourth-order valence-electron chi connectivity index (χ4n) is 11.6. The van der Waals surface area contributed by atoms with Crippen LogP contribution in [0, 0.1) is 0 Å². The number of rotatable bonds is 56. The summed E-state index contributed by atoms with van der Waals surface area (Å²) < 4.78 is 48.3. The van der Waals surface area contributed by atoms with Gasteiger partial charge in [0.25, 0.3) is 0 Å². The molecule has 0 atom stereocenters. The van der Waals surface area contributed by atoms with Crippen molar-refractivity contribution in [1.82, 2.24) is 39.6 Å². The third-order valence-corrected chi connectivity index (χ3v) is 17.9. The minimum absolute atomic E-state index is 0.0153. The maximum Gasteiger partial charge on any atom is 0.323 e. The zero-order valence-electron chi connectivity index (χ0n) is 64.3. The molecule has 0 radical (unpaired) electrons. The average molecular weight is 1550 g/mol. The first-order chi connectivity index (χ1) is 55.3. The summed E-state index contributed by atoms with van der Waals surface area (Å²) in [5.41, 5.74) is 7.06. The van der Waals surface area contributed by atoms with Crippen molar-refractivity contribution in [2.75, 3.05) is 158 Å². The lowest BCUT2D eigenvalue weighted by Gasteiger charge is -2.32. The van der Waals surface area contributed by atoms with Crippen molar-refractivity contribution in [3.63, 3.8) is 0 Å². The Hall–Kier alpha value is -10.8. The van der Waals surface area contributed by atoms with E-state index in [1.807, 2.05) is 243 Å². The van der Waals surface area contributed by atoms with E-state index in [9.17, 15) is 19.5 Å². The Morgan fingerprint density at radius 1 is 0.221 bits per heavy atom. The van der Waals surface area contributed by atoms with Crippen molar-refractivity contribution in [2.45, 2.75) is 52.9 Å². The maximum atomic E-state index is 15.5. The molecule has 0 bridgehead atoms. The summed E-state index contributed by atoms with van der Waals surface area (Å²) in [6.45, 7) is -3.13. The van der Waals surface area contributed by atoms with Crippen LogP contribution in [0.4, 0.5) is 0 Å². The number of hydrogen-bond acceptors (Lipinski definition) is 17. The Bertz CT molecular complexity index is 4020. The zero-order valence-corrected chi connectivity index (χ0v) is 64.3. The van der Waals surface area contributed by atoms with E-state index < -0.39 is 93.1 Å². The normalized spacial score (nSPS) is 11.0. The summed E-state index contributed by atoms with van der Waals surface area (Å²) in [4.78, 5) is 126. The number of ether oxygens (including phenoxy) is 8. The van der Waals surface area contributed by atoms with Gasteiger partial charge < -0.3 is 82.6 Å². The van der Waals surface area contributed by atoms with E-state index in [-0.39, 0.29) is 145 Å². The Kier molecular flexibility index (Phi) is 40.7. The molecule has 0 aromatic heterocycles. The molecule has 8 aromatic carbocycles. The summed E-state index contributed by atoms with van der Waals surface area (Å²) in [6, 6.07) is 75.5. The third kappa shape index (κ3) is 35.6. The fourth-order valence-corrected chi connectivity index (χ4v) is 11.6. The molecule has 0 unspecified atom stereocenters. The van der Waals surface area contributed by atoms with Gasteiger partial charge in [0.2, 0.25) is 41.4 Å². The fraction of sp³-hybridized carbons (Fsp3) is 0.364. The second-order valence-corrected chi connectivity index (χ2v) is 26.6. The van der Waals surface area contributed by atoms with E-state index in [1.165, 1.54) is 29.4 Å². The number of carboxylic acids is 1. The topological polar surface area (TPSA) is 265 Å². The van der Waals surface area contributed by atoms with Crippen LogP contribution in [0.1, 0.15) is 44.5 Å². The minimum atomic E-state index is -1.28.